The fourth-order valence-corrected chi connectivity index (χ4v) is 2.34. The standard InChI is InChI=1S/C20H31N2/c1-14(2)17(7)21-12-13-22(8)20-18(15(3)4)10-9-11-19(20)16(5)6/h9-13,15-17,21H,1,8H2,2-7H3/q+1/b13-12-. The zero-order valence-electron chi connectivity index (χ0n) is 15.0. The van der Waals surface area contributed by atoms with Gasteiger partial charge in [-0.3, -0.25) is 0 Å². The van der Waals surface area contributed by atoms with Crippen molar-refractivity contribution in [3.05, 3.63) is 53.9 Å². The Morgan fingerprint density at radius 2 is 1.59 bits per heavy atom. The Kier molecular flexibility index (Phi) is 6.61. The van der Waals surface area contributed by atoms with Gasteiger partial charge in [-0.05, 0) is 25.7 Å². The van der Waals surface area contributed by atoms with Crippen LogP contribution in [0.4, 0.5) is 5.69 Å². The molecule has 0 radical (unpaired) electrons. The summed E-state index contributed by atoms with van der Waals surface area (Å²) in [5, 5.41) is 3.32. The lowest BCUT2D eigenvalue weighted by molar-refractivity contribution is -0.351. The maximum absolute atomic E-state index is 4.22. The highest BCUT2D eigenvalue weighted by Crippen LogP contribution is 2.34. The summed E-state index contributed by atoms with van der Waals surface area (Å²) < 4.78 is 1.98. The molecule has 1 atom stereocenters. The van der Waals surface area contributed by atoms with Crippen molar-refractivity contribution in [2.45, 2.75) is 59.4 Å². The molecule has 1 aromatic carbocycles. The fourth-order valence-electron chi connectivity index (χ4n) is 2.34. The third-order valence-corrected chi connectivity index (χ3v) is 3.97. The van der Waals surface area contributed by atoms with Gasteiger partial charge in [-0.25, -0.2) is 0 Å². The fraction of sp³-hybridized carbons (Fsp3) is 0.450. The molecule has 2 nitrogen and oxygen atoms in total. The van der Waals surface area contributed by atoms with E-state index in [0.29, 0.717) is 11.8 Å². The van der Waals surface area contributed by atoms with Crippen molar-refractivity contribution in [2.24, 2.45) is 0 Å². The van der Waals surface area contributed by atoms with Gasteiger partial charge in [-0.15, -0.1) is 0 Å². The summed E-state index contributed by atoms with van der Waals surface area (Å²) in [7, 11) is 0. The Balaban J connectivity index is 3.10. The molecule has 1 N–H and O–H groups in total. The average molecular weight is 299 g/mol. The highest BCUT2D eigenvalue weighted by atomic mass is 15.0. The van der Waals surface area contributed by atoms with Crippen LogP contribution < -0.4 is 5.32 Å². The Morgan fingerprint density at radius 3 is 2.00 bits per heavy atom. The lowest BCUT2D eigenvalue weighted by Crippen LogP contribution is -2.21. The van der Waals surface area contributed by atoms with E-state index in [1.54, 1.807) is 0 Å². The monoisotopic (exact) mass is 299 g/mol. The maximum Gasteiger partial charge on any atom is 0.217 e. The largest absolute Gasteiger partial charge is 0.380 e. The highest BCUT2D eigenvalue weighted by molar-refractivity contribution is 5.52. The van der Waals surface area contributed by atoms with Crippen LogP contribution >= 0.6 is 0 Å². The summed E-state index contributed by atoms with van der Waals surface area (Å²) in [6, 6.07) is 6.80. The van der Waals surface area contributed by atoms with Crippen molar-refractivity contribution in [3.8, 4) is 0 Å². The van der Waals surface area contributed by atoms with E-state index < -0.39 is 0 Å². The predicted octanol–water partition coefficient (Wildman–Crippen LogP) is 5.30. The SMILES string of the molecule is C=C(C)C(C)N/C=C\[N+](=C)c1c(C(C)C)cccc1C(C)C. The van der Waals surface area contributed by atoms with Gasteiger partial charge in [-0.2, -0.15) is 4.58 Å². The van der Waals surface area contributed by atoms with Gasteiger partial charge in [0.05, 0.1) is 6.20 Å². The molecule has 1 aromatic rings. The molecule has 22 heavy (non-hydrogen) atoms. The molecule has 1 rings (SSSR count). The summed E-state index contributed by atoms with van der Waals surface area (Å²) in [5.41, 5.74) is 5.00. The third-order valence-electron chi connectivity index (χ3n) is 3.97. The summed E-state index contributed by atoms with van der Waals surface area (Å²) in [4.78, 5) is 0. The normalized spacial score (nSPS) is 12.9. The first kappa shape index (κ1) is 18.2. The highest BCUT2D eigenvalue weighted by Gasteiger charge is 2.20. The van der Waals surface area contributed by atoms with Crippen LogP contribution in [0.3, 0.4) is 0 Å². The molecule has 2 heteroatoms. The van der Waals surface area contributed by atoms with Gasteiger partial charge in [0, 0.05) is 17.2 Å². The third kappa shape index (κ3) is 4.59. The second-order valence-electron chi connectivity index (χ2n) is 6.61. The first-order valence-corrected chi connectivity index (χ1v) is 8.06. The topological polar surface area (TPSA) is 15.0 Å². The Labute approximate surface area is 136 Å². The van der Waals surface area contributed by atoms with Gasteiger partial charge in [-0.1, -0.05) is 58.0 Å². The number of nitrogens with one attached hydrogen (secondary N) is 1. The zero-order valence-corrected chi connectivity index (χ0v) is 15.0. The number of hydrogen-bond donors (Lipinski definition) is 1. The van der Waals surface area contributed by atoms with Crippen LogP contribution in [0, 0.1) is 0 Å². The Hall–Kier alpha value is -1.83. The van der Waals surface area contributed by atoms with Gasteiger partial charge >= 0.3 is 0 Å². The molecule has 120 valence electrons. The Bertz CT molecular complexity index is 539. The van der Waals surface area contributed by atoms with E-state index in [9.17, 15) is 0 Å². The summed E-state index contributed by atoms with van der Waals surface area (Å²) in [6.07, 6.45) is 3.94. The van der Waals surface area contributed by atoms with Gasteiger partial charge in [0.15, 0.2) is 6.20 Å². The van der Waals surface area contributed by atoms with E-state index >= 15 is 0 Å². The molecule has 0 saturated heterocycles. The Morgan fingerprint density at radius 1 is 1.09 bits per heavy atom. The van der Waals surface area contributed by atoms with E-state index in [1.807, 2.05) is 23.9 Å². The molecule has 0 heterocycles. The predicted molar refractivity (Wildman–Crippen MR) is 98.2 cm³/mol. The van der Waals surface area contributed by atoms with E-state index in [-0.39, 0.29) is 6.04 Å². The second-order valence-corrected chi connectivity index (χ2v) is 6.61. The summed E-state index contributed by atoms with van der Waals surface area (Å²) in [6.45, 7) is 21.2. The molecule has 0 aliphatic carbocycles. The van der Waals surface area contributed by atoms with Crippen LogP contribution in [-0.2, 0) is 0 Å². The smallest absolute Gasteiger partial charge is 0.217 e. The van der Waals surface area contributed by atoms with E-state index in [2.05, 4.69) is 71.4 Å². The van der Waals surface area contributed by atoms with Crippen molar-refractivity contribution in [1.29, 1.82) is 0 Å². The lowest BCUT2D eigenvalue weighted by Gasteiger charge is -2.15. The van der Waals surface area contributed by atoms with E-state index in [1.165, 1.54) is 16.8 Å². The molecule has 0 fully saturated rings. The van der Waals surface area contributed by atoms with Gasteiger partial charge in [0.1, 0.15) is 6.72 Å². The van der Waals surface area contributed by atoms with Crippen LogP contribution in [0.15, 0.2) is 42.8 Å². The van der Waals surface area contributed by atoms with Gasteiger partial charge in [0.25, 0.3) is 0 Å². The average Bonchev–Trinajstić information content (AvgIpc) is 2.45. The number of nitrogens with zero attached hydrogens (tertiary/aromatic N) is 1. The first-order chi connectivity index (χ1) is 10.3. The molecule has 0 amide bonds. The van der Waals surface area contributed by atoms with Gasteiger partial charge < -0.3 is 5.32 Å². The maximum atomic E-state index is 4.22. The lowest BCUT2D eigenvalue weighted by atomic mass is 9.92. The van der Waals surface area contributed by atoms with Crippen molar-refractivity contribution in [3.63, 3.8) is 0 Å². The molecular weight excluding hydrogens is 268 g/mol. The van der Waals surface area contributed by atoms with E-state index in [4.69, 9.17) is 0 Å². The van der Waals surface area contributed by atoms with Crippen molar-refractivity contribution in [2.75, 3.05) is 0 Å². The van der Waals surface area contributed by atoms with Crippen LogP contribution in [-0.4, -0.2) is 17.3 Å². The van der Waals surface area contributed by atoms with Crippen LogP contribution in [0.1, 0.15) is 64.5 Å². The van der Waals surface area contributed by atoms with Crippen molar-refractivity contribution >= 4 is 12.4 Å². The quantitative estimate of drug-likeness (QED) is 0.410. The molecule has 0 saturated carbocycles. The first-order valence-electron chi connectivity index (χ1n) is 8.06. The van der Waals surface area contributed by atoms with Crippen molar-refractivity contribution in [1.82, 2.24) is 5.32 Å². The zero-order chi connectivity index (χ0) is 16.9. The van der Waals surface area contributed by atoms with Crippen LogP contribution in [0.2, 0.25) is 0 Å². The van der Waals surface area contributed by atoms with Gasteiger partial charge in [0.2, 0.25) is 5.69 Å². The molecule has 0 aliphatic rings. The molecule has 1 unspecified atom stereocenters. The molecular formula is C20H31N2+. The molecule has 0 bridgehead atoms. The summed E-state index contributed by atoms with van der Waals surface area (Å²) >= 11 is 0. The summed E-state index contributed by atoms with van der Waals surface area (Å²) in [5.74, 6) is 0.933. The minimum Gasteiger partial charge on any atom is -0.380 e. The minimum absolute atomic E-state index is 0.259. The number of rotatable bonds is 7. The number of para-hydroxylation sites is 1. The minimum atomic E-state index is 0.259. The van der Waals surface area contributed by atoms with Crippen molar-refractivity contribution < 1.29 is 4.58 Å². The van der Waals surface area contributed by atoms with E-state index in [0.717, 1.165) is 5.57 Å². The van der Waals surface area contributed by atoms with Crippen LogP contribution in [0.25, 0.3) is 0 Å². The molecule has 0 aliphatic heterocycles. The second kappa shape index (κ2) is 7.98. The molecule has 0 aromatic heterocycles. The van der Waals surface area contributed by atoms with Crippen LogP contribution in [0.5, 0.6) is 0 Å². The number of benzene rings is 1. The molecule has 0 spiro atoms. The number of hydrogen-bond acceptors (Lipinski definition) is 1.